The summed E-state index contributed by atoms with van der Waals surface area (Å²) in [4.78, 5) is 11.8. The van der Waals surface area contributed by atoms with Gasteiger partial charge >= 0.3 is 5.97 Å². The van der Waals surface area contributed by atoms with E-state index in [9.17, 15) is 17.6 Å². The number of carbonyl (C=O) groups excluding carboxylic acids is 1. The molecule has 0 aliphatic heterocycles. The number of carbonyl (C=O) groups is 1. The second-order valence-electron chi connectivity index (χ2n) is 5.09. The van der Waals surface area contributed by atoms with Gasteiger partial charge in [0.2, 0.25) is 0 Å². The van der Waals surface area contributed by atoms with Crippen molar-refractivity contribution < 1.29 is 27.1 Å². The molecule has 0 N–H and O–H groups in total. The lowest BCUT2D eigenvalue weighted by Gasteiger charge is -2.25. The second-order valence-corrected chi connectivity index (χ2v) is 7.39. The molecule has 6 nitrogen and oxygen atoms in total. The van der Waals surface area contributed by atoms with Gasteiger partial charge in [0, 0.05) is 5.02 Å². The third-order valence-electron chi connectivity index (χ3n) is 3.39. The average Bonchev–Trinajstić information content (AvgIpc) is 2.60. The van der Waals surface area contributed by atoms with Crippen LogP contribution < -0.4 is 9.04 Å². The van der Waals surface area contributed by atoms with Gasteiger partial charge in [0.25, 0.3) is 10.0 Å². The molecule has 0 aliphatic rings. The van der Waals surface area contributed by atoms with Crippen molar-refractivity contribution in [2.75, 3.05) is 24.6 Å². The highest BCUT2D eigenvalue weighted by Crippen LogP contribution is 2.34. The number of ether oxygens (including phenoxy) is 2. The highest BCUT2D eigenvalue weighted by atomic mass is 35.5. The monoisotopic (exact) mass is 401 g/mol. The molecule has 0 heterocycles. The number of benzene rings is 2. The molecule has 2 aromatic rings. The van der Waals surface area contributed by atoms with E-state index in [0.717, 1.165) is 28.6 Å². The Morgan fingerprint density at radius 3 is 2.42 bits per heavy atom. The zero-order chi connectivity index (χ0) is 19.3. The van der Waals surface area contributed by atoms with Crippen molar-refractivity contribution >= 4 is 33.3 Å². The number of anilines is 1. The number of nitrogens with zero attached hydrogens (tertiary/aromatic N) is 1. The van der Waals surface area contributed by atoms with E-state index in [0.29, 0.717) is 0 Å². The smallest absolute Gasteiger partial charge is 0.326 e. The first-order valence-corrected chi connectivity index (χ1v) is 9.39. The predicted octanol–water partition coefficient (Wildman–Crippen LogP) is 3.25. The standard InChI is InChI=1S/C17H17ClFNO5S/c1-3-25-17(21)11-20(15-10-12(18)4-9-16(15)24-2)26(22,23)14-7-5-13(19)6-8-14/h4-10H,3,11H2,1-2H3. The average molecular weight is 402 g/mol. The van der Waals surface area contributed by atoms with Crippen LogP contribution in [0.1, 0.15) is 6.92 Å². The Balaban J connectivity index is 2.59. The maximum Gasteiger partial charge on any atom is 0.326 e. The highest BCUT2D eigenvalue weighted by molar-refractivity contribution is 7.92. The summed E-state index contributed by atoms with van der Waals surface area (Å²) in [6.07, 6.45) is 0. The fourth-order valence-corrected chi connectivity index (χ4v) is 3.79. The molecular formula is C17H17ClFNO5S. The summed E-state index contributed by atoms with van der Waals surface area (Å²) in [5.41, 5.74) is 0.0670. The molecule has 0 radical (unpaired) electrons. The molecule has 0 aromatic heterocycles. The molecule has 2 aromatic carbocycles. The quantitative estimate of drug-likeness (QED) is 0.666. The number of halogens is 2. The van der Waals surface area contributed by atoms with E-state index in [1.807, 2.05) is 0 Å². The van der Waals surface area contributed by atoms with E-state index >= 15 is 0 Å². The van der Waals surface area contributed by atoms with Gasteiger partial charge in [-0.1, -0.05) is 11.6 Å². The lowest BCUT2D eigenvalue weighted by molar-refractivity contribution is -0.141. The van der Waals surface area contributed by atoms with Crippen LogP contribution in [0.2, 0.25) is 5.02 Å². The van der Waals surface area contributed by atoms with E-state index in [2.05, 4.69) is 0 Å². The van der Waals surface area contributed by atoms with Crippen molar-refractivity contribution in [3.63, 3.8) is 0 Å². The van der Waals surface area contributed by atoms with Gasteiger partial charge in [0.15, 0.2) is 0 Å². The van der Waals surface area contributed by atoms with Crippen molar-refractivity contribution in [3.05, 3.63) is 53.3 Å². The largest absolute Gasteiger partial charge is 0.495 e. The maximum atomic E-state index is 13.2. The Kier molecular flexibility index (Phi) is 6.44. The molecule has 0 aliphatic carbocycles. The molecule has 0 amide bonds. The summed E-state index contributed by atoms with van der Waals surface area (Å²) < 4.78 is 50.2. The molecule has 0 atom stereocenters. The summed E-state index contributed by atoms with van der Waals surface area (Å²) in [6, 6.07) is 8.63. The van der Waals surface area contributed by atoms with Crippen LogP contribution in [-0.2, 0) is 19.6 Å². The van der Waals surface area contributed by atoms with Crippen LogP contribution in [0, 0.1) is 5.82 Å². The molecule has 140 valence electrons. The molecule has 0 unspecified atom stereocenters. The Hall–Kier alpha value is -2.32. The lowest BCUT2D eigenvalue weighted by atomic mass is 10.3. The highest BCUT2D eigenvalue weighted by Gasteiger charge is 2.30. The number of sulfonamides is 1. The SMILES string of the molecule is CCOC(=O)CN(c1cc(Cl)ccc1OC)S(=O)(=O)c1ccc(F)cc1. The van der Waals surface area contributed by atoms with Gasteiger partial charge in [-0.15, -0.1) is 0 Å². The van der Waals surface area contributed by atoms with Crippen molar-refractivity contribution in [1.29, 1.82) is 0 Å². The van der Waals surface area contributed by atoms with E-state index < -0.39 is 28.4 Å². The zero-order valence-electron chi connectivity index (χ0n) is 14.1. The van der Waals surface area contributed by atoms with Gasteiger partial charge in [-0.05, 0) is 49.4 Å². The summed E-state index contributed by atoms with van der Waals surface area (Å²) in [7, 11) is -2.85. The minimum atomic E-state index is -4.21. The number of rotatable bonds is 7. The van der Waals surface area contributed by atoms with Crippen molar-refractivity contribution in [3.8, 4) is 5.75 Å². The van der Waals surface area contributed by atoms with Crippen LogP contribution in [0.3, 0.4) is 0 Å². The van der Waals surface area contributed by atoms with Crippen LogP contribution in [0.15, 0.2) is 47.4 Å². The first-order valence-electron chi connectivity index (χ1n) is 7.57. The summed E-state index contributed by atoms with van der Waals surface area (Å²) >= 11 is 5.99. The van der Waals surface area contributed by atoms with Crippen LogP contribution in [0.4, 0.5) is 10.1 Å². The van der Waals surface area contributed by atoms with Gasteiger partial charge < -0.3 is 9.47 Å². The van der Waals surface area contributed by atoms with Gasteiger partial charge in [0.1, 0.15) is 18.1 Å². The second kappa shape index (κ2) is 8.37. The van der Waals surface area contributed by atoms with Gasteiger partial charge in [0.05, 0.1) is 24.3 Å². The predicted molar refractivity (Wildman–Crippen MR) is 95.6 cm³/mol. The van der Waals surface area contributed by atoms with Gasteiger partial charge in [-0.3, -0.25) is 9.10 Å². The van der Waals surface area contributed by atoms with E-state index in [1.54, 1.807) is 6.92 Å². The normalized spacial score (nSPS) is 11.1. The fourth-order valence-electron chi connectivity index (χ4n) is 2.22. The van der Waals surface area contributed by atoms with E-state index in [4.69, 9.17) is 21.1 Å². The molecular weight excluding hydrogens is 385 g/mol. The van der Waals surface area contributed by atoms with Crippen molar-refractivity contribution in [1.82, 2.24) is 0 Å². The Morgan fingerprint density at radius 1 is 1.19 bits per heavy atom. The van der Waals surface area contributed by atoms with E-state index in [-0.39, 0.29) is 28.0 Å². The topological polar surface area (TPSA) is 72.9 Å². The molecule has 0 saturated heterocycles. The third-order valence-corrected chi connectivity index (χ3v) is 5.40. The fraction of sp³-hybridized carbons (Fsp3) is 0.235. The van der Waals surface area contributed by atoms with Crippen LogP contribution in [-0.4, -0.2) is 34.6 Å². The first kappa shape index (κ1) is 20.0. The molecule has 0 bridgehead atoms. The summed E-state index contributed by atoms with van der Waals surface area (Å²) in [6.45, 7) is 1.11. The zero-order valence-corrected chi connectivity index (χ0v) is 15.7. The third kappa shape index (κ3) is 4.44. The Labute approximate surface area is 156 Å². The van der Waals surface area contributed by atoms with Crippen LogP contribution in [0.25, 0.3) is 0 Å². The summed E-state index contributed by atoms with van der Waals surface area (Å²) in [5, 5.41) is 0.254. The van der Waals surface area contributed by atoms with E-state index in [1.165, 1.54) is 25.3 Å². The van der Waals surface area contributed by atoms with Crippen LogP contribution in [0.5, 0.6) is 5.75 Å². The Bertz CT molecular complexity index is 887. The first-order chi connectivity index (χ1) is 12.3. The van der Waals surface area contributed by atoms with Gasteiger partial charge in [-0.25, -0.2) is 12.8 Å². The lowest BCUT2D eigenvalue weighted by Crippen LogP contribution is -2.37. The number of methoxy groups -OCH3 is 1. The molecule has 0 fully saturated rings. The Morgan fingerprint density at radius 2 is 1.85 bits per heavy atom. The maximum absolute atomic E-state index is 13.2. The number of esters is 1. The van der Waals surface area contributed by atoms with Crippen molar-refractivity contribution in [2.45, 2.75) is 11.8 Å². The van der Waals surface area contributed by atoms with Crippen molar-refractivity contribution in [2.24, 2.45) is 0 Å². The van der Waals surface area contributed by atoms with Crippen LogP contribution >= 0.6 is 11.6 Å². The molecule has 9 heteroatoms. The summed E-state index contributed by atoms with van der Waals surface area (Å²) in [5.74, 6) is -1.13. The van der Waals surface area contributed by atoms with Gasteiger partial charge in [-0.2, -0.15) is 0 Å². The molecule has 2 rings (SSSR count). The molecule has 26 heavy (non-hydrogen) atoms. The molecule has 0 spiro atoms. The molecule has 0 saturated carbocycles. The number of hydrogen-bond acceptors (Lipinski definition) is 5. The minimum Gasteiger partial charge on any atom is -0.495 e. The number of hydrogen-bond donors (Lipinski definition) is 0. The minimum absolute atomic E-state index is 0.0670.